The molecule has 0 unspecified atom stereocenters. The maximum atomic E-state index is 10.9. The van der Waals surface area contributed by atoms with Crippen molar-refractivity contribution in [3.63, 3.8) is 0 Å². The molecule has 1 heterocycles. The van der Waals surface area contributed by atoms with Gasteiger partial charge in [-0.3, -0.25) is 4.79 Å². The van der Waals surface area contributed by atoms with Crippen LogP contribution in [0.25, 0.3) is 10.1 Å². The Hall–Kier alpha value is -0.900. The molecule has 1 aromatic carbocycles. The molecule has 0 amide bonds. The van der Waals surface area contributed by atoms with Crippen molar-refractivity contribution in [2.45, 2.75) is 6.61 Å². The first-order valence-corrected chi connectivity index (χ1v) is 5.28. The van der Waals surface area contributed by atoms with E-state index in [9.17, 15) is 4.79 Å². The van der Waals surface area contributed by atoms with E-state index in [4.69, 9.17) is 16.7 Å². The number of carbonyl (C=O) groups is 1. The number of benzene rings is 1. The molecule has 0 aliphatic rings. The molecule has 2 aromatic rings. The maximum Gasteiger partial charge on any atom is 0.151 e. The van der Waals surface area contributed by atoms with Crippen LogP contribution < -0.4 is 0 Å². The van der Waals surface area contributed by atoms with Gasteiger partial charge in [-0.25, -0.2) is 0 Å². The molecule has 0 aliphatic heterocycles. The molecule has 0 spiro atoms. The molecule has 72 valence electrons. The molecule has 0 atom stereocenters. The molecule has 0 fully saturated rings. The van der Waals surface area contributed by atoms with E-state index in [-0.39, 0.29) is 6.61 Å². The molecule has 1 aromatic heterocycles. The number of fused-ring (bicyclic) bond motifs is 1. The van der Waals surface area contributed by atoms with Gasteiger partial charge in [0, 0.05) is 21.0 Å². The fourth-order valence-corrected chi connectivity index (χ4v) is 2.70. The van der Waals surface area contributed by atoms with E-state index in [0.717, 1.165) is 16.4 Å². The Morgan fingerprint density at radius 2 is 2.29 bits per heavy atom. The fourth-order valence-electron chi connectivity index (χ4n) is 1.40. The number of aliphatic hydroxyl groups excluding tert-OH is 1. The quantitative estimate of drug-likeness (QED) is 0.800. The van der Waals surface area contributed by atoms with Crippen LogP contribution in [0.2, 0.25) is 5.02 Å². The molecule has 4 heteroatoms. The highest BCUT2D eigenvalue weighted by Gasteiger charge is 2.09. The predicted octanol–water partition coefficient (Wildman–Crippen LogP) is 2.86. The van der Waals surface area contributed by atoms with Crippen LogP contribution in [0.5, 0.6) is 0 Å². The van der Waals surface area contributed by atoms with Crippen LogP contribution >= 0.6 is 22.9 Å². The summed E-state index contributed by atoms with van der Waals surface area (Å²) in [5.41, 5.74) is 1.19. The van der Waals surface area contributed by atoms with Crippen molar-refractivity contribution in [2.24, 2.45) is 0 Å². The molecule has 0 aliphatic carbocycles. The van der Waals surface area contributed by atoms with Gasteiger partial charge in [-0.1, -0.05) is 23.7 Å². The van der Waals surface area contributed by atoms with Gasteiger partial charge in [0.1, 0.15) is 0 Å². The van der Waals surface area contributed by atoms with E-state index in [1.54, 1.807) is 11.4 Å². The smallest absolute Gasteiger partial charge is 0.151 e. The van der Waals surface area contributed by atoms with Gasteiger partial charge in [-0.15, -0.1) is 11.3 Å². The summed E-state index contributed by atoms with van der Waals surface area (Å²) < 4.78 is 0.844. The van der Waals surface area contributed by atoms with E-state index in [1.165, 1.54) is 11.3 Å². The minimum absolute atomic E-state index is 0.125. The molecule has 2 rings (SSSR count). The highest BCUT2D eigenvalue weighted by atomic mass is 35.5. The van der Waals surface area contributed by atoms with Gasteiger partial charge in [-0.05, 0) is 5.56 Å². The maximum absolute atomic E-state index is 10.9. The number of carbonyl (C=O) groups excluding carboxylic acids is 1. The summed E-state index contributed by atoms with van der Waals surface area (Å²) in [6, 6.07) is 3.55. The number of aliphatic hydroxyl groups is 1. The minimum Gasteiger partial charge on any atom is -0.392 e. The Balaban J connectivity index is 2.84. The second-order valence-electron chi connectivity index (χ2n) is 2.87. The molecule has 0 saturated carbocycles. The summed E-state index contributed by atoms with van der Waals surface area (Å²) in [7, 11) is 0. The average molecular weight is 227 g/mol. The standard InChI is InChI=1S/C10H7ClO2S/c11-9-5-14-10-7(9)2-1-6(3-12)8(10)4-13/h1-2,4-5,12H,3H2. The summed E-state index contributed by atoms with van der Waals surface area (Å²) in [5.74, 6) is 0. The molecular weight excluding hydrogens is 220 g/mol. The van der Waals surface area contributed by atoms with Crippen LogP contribution in [0.3, 0.4) is 0 Å². The molecular formula is C10H7ClO2S. The number of halogens is 1. The third kappa shape index (κ3) is 1.34. The third-order valence-electron chi connectivity index (χ3n) is 2.11. The van der Waals surface area contributed by atoms with Gasteiger partial charge in [-0.2, -0.15) is 0 Å². The summed E-state index contributed by atoms with van der Waals surface area (Å²) in [4.78, 5) is 10.9. The number of aldehydes is 1. The zero-order valence-corrected chi connectivity index (χ0v) is 8.73. The first-order chi connectivity index (χ1) is 6.77. The van der Waals surface area contributed by atoms with Crippen molar-refractivity contribution in [3.05, 3.63) is 33.7 Å². The Morgan fingerprint density at radius 1 is 1.50 bits per heavy atom. The number of thiophene rings is 1. The largest absolute Gasteiger partial charge is 0.392 e. The summed E-state index contributed by atoms with van der Waals surface area (Å²) in [5, 5.41) is 12.3. The van der Waals surface area contributed by atoms with E-state index in [1.807, 2.05) is 6.07 Å². The Morgan fingerprint density at radius 3 is 2.93 bits per heavy atom. The van der Waals surface area contributed by atoms with Crippen molar-refractivity contribution in [2.75, 3.05) is 0 Å². The average Bonchev–Trinajstić information content (AvgIpc) is 2.59. The topological polar surface area (TPSA) is 37.3 Å². The number of hydrogen-bond donors (Lipinski definition) is 1. The zero-order chi connectivity index (χ0) is 10.1. The highest BCUT2D eigenvalue weighted by molar-refractivity contribution is 7.18. The van der Waals surface area contributed by atoms with E-state index in [0.29, 0.717) is 16.1 Å². The lowest BCUT2D eigenvalue weighted by molar-refractivity contribution is 0.112. The Kier molecular flexibility index (Phi) is 2.54. The van der Waals surface area contributed by atoms with Crippen molar-refractivity contribution >= 4 is 39.3 Å². The highest BCUT2D eigenvalue weighted by Crippen LogP contribution is 2.33. The van der Waals surface area contributed by atoms with Gasteiger partial charge < -0.3 is 5.11 Å². The first kappa shape index (κ1) is 9.65. The van der Waals surface area contributed by atoms with E-state index >= 15 is 0 Å². The molecule has 1 N–H and O–H groups in total. The monoisotopic (exact) mass is 226 g/mol. The lowest BCUT2D eigenvalue weighted by Crippen LogP contribution is -1.91. The first-order valence-electron chi connectivity index (χ1n) is 4.02. The van der Waals surface area contributed by atoms with Gasteiger partial charge >= 0.3 is 0 Å². The van der Waals surface area contributed by atoms with E-state index in [2.05, 4.69) is 0 Å². The van der Waals surface area contributed by atoms with Crippen molar-refractivity contribution in [3.8, 4) is 0 Å². The van der Waals surface area contributed by atoms with Crippen LogP contribution in [0, 0.1) is 0 Å². The minimum atomic E-state index is -0.125. The van der Waals surface area contributed by atoms with Crippen molar-refractivity contribution < 1.29 is 9.90 Å². The molecule has 0 saturated heterocycles. The number of rotatable bonds is 2. The summed E-state index contributed by atoms with van der Waals surface area (Å²) in [6.45, 7) is -0.125. The van der Waals surface area contributed by atoms with Crippen LogP contribution in [0.1, 0.15) is 15.9 Å². The summed E-state index contributed by atoms with van der Waals surface area (Å²) >= 11 is 7.35. The van der Waals surface area contributed by atoms with Crippen molar-refractivity contribution in [1.29, 1.82) is 0 Å². The van der Waals surface area contributed by atoms with Crippen molar-refractivity contribution in [1.82, 2.24) is 0 Å². The fraction of sp³-hybridized carbons (Fsp3) is 0.100. The lowest BCUT2D eigenvalue weighted by atomic mass is 10.1. The van der Waals surface area contributed by atoms with Gasteiger partial charge in [0.05, 0.1) is 11.6 Å². The molecule has 14 heavy (non-hydrogen) atoms. The second kappa shape index (κ2) is 3.69. The molecule has 0 bridgehead atoms. The second-order valence-corrected chi connectivity index (χ2v) is 4.16. The van der Waals surface area contributed by atoms with Gasteiger partial charge in [0.2, 0.25) is 0 Å². The van der Waals surface area contributed by atoms with Crippen LogP contribution in [-0.2, 0) is 6.61 Å². The third-order valence-corrected chi connectivity index (χ3v) is 3.58. The van der Waals surface area contributed by atoms with Crippen LogP contribution in [-0.4, -0.2) is 11.4 Å². The van der Waals surface area contributed by atoms with Crippen LogP contribution in [0.15, 0.2) is 17.5 Å². The molecule has 2 nitrogen and oxygen atoms in total. The zero-order valence-electron chi connectivity index (χ0n) is 7.16. The lowest BCUT2D eigenvalue weighted by Gasteiger charge is -2.01. The normalized spacial score (nSPS) is 10.7. The van der Waals surface area contributed by atoms with E-state index < -0.39 is 0 Å². The van der Waals surface area contributed by atoms with Gasteiger partial charge in [0.25, 0.3) is 0 Å². The Bertz CT molecular complexity index is 490. The van der Waals surface area contributed by atoms with Gasteiger partial charge in [0.15, 0.2) is 6.29 Å². The summed E-state index contributed by atoms with van der Waals surface area (Å²) in [6.07, 6.45) is 0.765. The Labute approximate surface area is 89.7 Å². The number of hydrogen-bond acceptors (Lipinski definition) is 3. The SMILES string of the molecule is O=Cc1c(CO)ccc2c(Cl)csc12. The van der Waals surface area contributed by atoms with Crippen LogP contribution in [0.4, 0.5) is 0 Å². The molecule has 0 radical (unpaired) electrons. The predicted molar refractivity (Wildman–Crippen MR) is 58.1 cm³/mol.